The van der Waals surface area contributed by atoms with Gasteiger partial charge in [-0.3, -0.25) is 0 Å². The van der Waals surface area contributed by atoms with Crippen LogP contribution in [0.3, 0.4) is 0 Å². The average Bonchev–Trinajstić information content (AvgIpc) is 2.99. The van der Waals surface area contributed by atoms with E-state index in [-0.39, 0.29) is 6.10 Å². The molecule has 160 valence electrons. The second-order valence-electron chi connectivity index (χ2n) is 12.2. The molecular weight excluding hydrogens is 340 g/mol. The van der Waals surface area contributed by atoms with E-state index in [1.54, 1.807) is 0 Å². The Balaban J connectivity index is 1.51. The van der Waals surface area contributed by atoms with Gasteiger partial charge in [-0.05, 0) is 97.7 Å². The average molecular weight is 387 g/mol. The Bertz CT molecular complexity index is 591. The summed E-state index contributed by atoms with van der Waals surface area (Å²) in [5.41, 5.74) is 2.78. The molecule has 0 aromatic heterocycles. The van der Waals surface area contributed by atoms with E-state index in [2.05, 4.69) is 40.7 Å². The molecule has 4 aliphatic carbocycles. The lowest BCUT2D eigenvalue weighted by molar-refractivity contribution is -0.0158. The molecule has 0 saturated heterocycles. The highest BCUT2D eigenvalue weighted by atomic mass is 16.3. The van der Waals surface area contributed by atoms with E-state index in [0.717, 1.165) is 48.3 Å². The summed E-state index contributed by atoms with van der Waals surface area (Å²) in [5.74, 6) is 5.18. The predicted molar refractivity (Wildman–Crippen MR) is 119 cm³/mol. The standard InChI is InChI=1S/C27H46O/c1-18(2)7-6-8-19(3)23-11-12-24-22-10-9-20-17-21(28)13-15-26(20,4)25(22)14-16-27(23,24)5/h14,18-24,28H,6-13,15-17H2,1-5H3/t19-,20?,21?,22+,23-,24+,26+,27-/m1/s1. The van der Waals surface area contributed by atoms with Crippen molar-refractivity contribution in [3.05, 3.63) is 11.6 Å². The maximum atomic E-state index is 10.2. The van der Waals surface area contributed by atoms with Crippen molar-refractivity contribution in [2.24, 2.45) is 46.3 Å². The van der Waals surface area contributed by atoms with Crippen LogP contribution in [0.1, 0.15) is 105 Å². The van der Waals surface area contributed by atoms with Gasteiger partial charge in [0.05, 0.1) is 6.10 Å². The smallest absolute Gasteiger partial charge is 0.0543 e. The third-order valence-electron chi connectivity index (χ3n) is 10.2. The van der Waals surface area contributed by atoms with Crippen molar-refractivity contribution in [2.45, 2.75) is 111 Å². The van der Waals surface area contributed by atoms with Crippen LogP contribution in [-0.4, -0.2) is 11.2 Å². The fourth-order valence-corrected chi connectivity index (χ4v) is 8.53. The molecule has 3 saturated carbocycles. The largest absolute Gasteiger partial charge is 0.393 e. The first-order chi connectivity index (χ1) is 13.3. The molecular formula is C27H46O. The highest BCUT2D eigenvalue weighted by Gasteiger charge is 2.57. The van der Waals surface area contributed by atoms with E-state index in [4.69, 9.17) is 0 Å². The first kappa shape index (κ1) is 21.0. The zero-order valence-electron chi connectivity index (χ0n) is 19.3. The molecule has 0 amide bonds. The Morgan fingerprint density at radius 1 is 1.04 bits per heavy atom. The third kappa shape index (κ3) is 3.42. The molecule has 4 rings (SSSR count). The Kier molecular flexibility index (Phi) is 5.80. The molecule has 3 fully saturated rings. The summed E-state index contributed by atoms with van der Waals surface area (Å²) in [4.78, 5) is 0. The van der Waals surface area contributed by atoms with Crippen molar-refractivity contribution in [3.8, 4) is 0 Å². The zero-order chi connectivity index (χ0) is 20.1. The Morgan fingerprint density at radius 3 is 2.57 bits per heavy atom. The van der Waals surface area contributed by atoms with Gasteiger partial charge in [-0.15, -0.1) is 0 Å². The summed E-state index contributed by atoms with van der Waals surface area (Å²) in [5, 5.41) is 10.2. The van der Waals surface area contributed by atoms with Crippen LogP contribution in [0.15, 0.2) is 11.6 Å². The van der Waals surface area contributed by atoms with Crippen LogP contribution in [0, 0.1) is 46.3 Å². The molecule has 0 aromatic rings. The third-order valence-corrected chi connectivity index (χ3v) is 10.2. The minimum absolute atomic E-state index is 0.0355. The second kappa shape index (κ2) is 7.75. The van der Waals surface area contributed by atoms with E-state index in [9.17, 15) is 5.11 Å². The number of fused-ring (bicyclic) bond motifs is 5. The number of rotatable bonds is 5. The zero-order valence-corrected chi connectivity index (χ0v) is 19.3. The number of allylic oxidation sites excluding steroid dienone is 2. The molecule has 1 N–H and O–H groups in total. The van der Waals surface area contributed by atoms with Crippen molar-refractivity contribution < 1.29 is 5.11 Å². The van der Waals surface area contributed by atoms with Crippen molar-refractivity contribution in [3.63, 3.8) is 0 Å². The van der Waals surface area contributed by atoms with Crippen molar-refractivity contribution in [1.29, 1.82) is 0 Å². The minimum atomic E-state index is -0.0355. The molecule has 0 heterocycles. The Hall–Kier alpha value is -0.300. The highest BCUT2D eigenvalue weighted by Crippen LogP contribution is 2.66. The van der Waals surface area contributed by atoms with Crippen molar-refractivity contribution in [2.75, 3.05) is 0 Å². The highest BCUT2D eigenvalue weighted by molar-refractivity contribution is 5.29. The molecule has 0 bridgehead atoms. The molecule has 0 radical (unpaired) electrons. The molecule has 8 atom stereocenters. The Labute approximate surface area is 174 Å². The summed E-state index contributed by atoms with van der Waals surface area (Å²) in [6.07, 6.45) is 17.3. The van der Waals surface area contributed by atoms with Crippen LogP contribution in [-0.2, 0) is 0 Å². The van der Waals surface area contributed by atoms with E-state index in [0.29, 0.717) is 10.8 Å². The number of hydrogen-bond donors (Lipinski definition) is 1. The summed E-state index contributed by atoms with van der Waals surface area (Å²) < 4.78 is 0. The molecule has 28 heavy (non-hydrogen) atoms. The monoisotopic (exact) mass is 386 g/mol. The maximum absolute atomic E-state index is 10.2. The van der Waals surface area contributed by atoms with E-state index in [1.807, 2.05) is 5.57 Å². The van der Waals surface area contributed by atoms with Gasteiger partial charge in [0, 0.05) is 0 Å². The molecule has 1 nitrogen and oxygen atoms in total. The Morgan fingerprint density at radius 2 is 1.82 bits per heavy atom. The van der Waals surface area contributed by atoms with Gasteiger partial charge in [0.2, 0.25) is 0 Å². The van der Waals surface area contributed by atoms with Crippen LogP contribution in [0.4, 0.5) is 0 Å². The van der Waals surface area contributed by atoms with Crippen LogP contribution in [0.2, 0.25) is 0 Å². The first-order valence-electron chi connectivity index (χ1n) is 12.6. The van der Waals surface area contributed by atoms with Crippen LogP contribution in [0.5, 0.6) is 0 Å². The molecule has 4 aliphatic rings. The summed E-state index contributed by atoms with van der Waals surface area (Å²) >= 11 is 0. The van der Waals surface area contributed by atoms with Gasteiger partial charge >= 0.3 is 0 Å². The molecule has 0 spiro atoms. The van der Waals surface area contributed by atoms with Gasteiger partial charge in [0.1, 0.15) is 0 Å². The molecule has 2 unspecified atom stereocenters. The number of aliphatic hydroxyl groups excluding tert-OH is 1. The predicted octanol–water partition coefficient (Wildman–Crippen LogP) is 7.39. The normalized spacial score (nSPS) is 46.5. The van der Waals surface area contributed by atoms with Gasteiger partial charge in [0.15, 0.2) is 0 Å². The fraction of sp³-hybridized carbons (Fsp3) is 0.926. The lowest BCUT2D eigenvalue weighted by Gasteiger charge is -2.57. The fourth-order valence-electron chi connectivity index (χ4n) is 8.53. The van der Waals surface area contributed by atoms with E-state index in [1.165, 1.54) is 57.8 Å². The van der Waals surface area contributed by atoms with Crippen molar-refractivity contribution in [1.82, 2.24) is 0 Å². The summed E-state index contributed by atoms with van der Waals surface area (Å²) in [7, 11) is 0. The first-order valence-corrected chi connectivity index (χ1v) is 12.6. The molecule has 0 aromatic carbocycles. The van der Waals surface area contributed by atoms with Crippen LogP contribution in [0.25, 0.3) is 0 Å². The van der Waals surface area contributed by atoms with Crippen LogP contribution < -0.4 is 0 Å². The second-order valence-corrected chi connectivity index (χ2v) is 12.2. The molecule has 1 heteroatoms. The quantitative estimate of drug-likeness (QED) is 0.488. The van der Waals surface area contributed by atoms with Gasteiger partial charge in [-0.1, -0.05) is 65.5 Å². The SMILES string of the molecule is CC(C)CCC[C@@H](C)[C@H]1CC[C@H]2[C@@H]3CCC4CC(O)CC[C@]4(C)C3=CC[C@]12C. The summed E-state index contributed by atoms with van der Waals surface area (Å²) in [6, 6.07) is 0. The molecule has 0 aliphatic heterocycles. The maximum Gasteiger partial charge on any atom is 0.0543 e. The van der Waals surface area contributed by atoms with E-state index < -0.39 is 0 Å². The van der Waals surface area contributed by atoms with Gasteiger partial charge < -0.3 is 5.11 Å². The van der Waals surface area contributed by atoms with Gasteiger partial charge in [-0.25, -0.2) is 0 Å². The summed E-state index contributed by atoms with van der Waals surface area (Å²) in [6.45, 7) is 12.5. The van der Waals surface area contributed by atoms with E-state index >= 15 is 0 Å². The lowest BCUT2D eigenvalue weighted by atomic mass is 9.48. The van der Waals surface area contributed by atoms with Gasteiger partial charge in [0.25, 0.3) is 0 Å². The van der Waals surface area contributed by atoms with Crippen molar-refractivity contribution >= 4 is 0 Å². The van der Waals surface area contributed by atoms with Gasteiger partial charge in [-0.2, -0.15) is 0 Å². The minimum Gasteiger partial charge on any atom is -0.393 e. The number of hydrogen-bond acceptors (Lipinski definition) is 1. The van der Waals surface area contributed by atoms with Crippen LogP contribution >= 0.6 is 0 Å². The topological polar surface area (TPSA) is 20.2 Å². The number of aliphatic hydroxyl groups is 1. The lowest BCUT2D eigenvalue weighted by Crippen LogP contribution is -2.48.